The van der Waals surface area contributed by atoms with Crippen LogP contribution < -0.4 is 4.74 Å². The van der Waals surface area contributed by atoms with Gasteiger partial charge in [0.25, 0.3) is 0 Å². The quantitative estimate of drug-likeness (QED) is 0.845. The number of rotatable bonds is 4. The van der Waals surface area contributed by atoms with Gasteiger partial charge in [-0.15, -0.1) is 0 Å². The zero-order valence-electron chi connectivity index (χ0n) is 12.6. The first kappa shape index (κ1) is 14.2. The molecule has 0 N–H and O–H groups in total. The molecule has 1 heterocycles. The molecule has 1 aliphatic heterocycles. The van der Waals surface area contributed by atoms with Crippen LogP contribution in [0.5, 0.6) is 5.75 Å². The van der Waals surface area contributed by atoms with Crippen LogP contribution in [0.15, 0.2) is 60.7 Å². The van der Waals surface area contributed by atoms with Crippen LogP contribution in [0.4, 0.5) is 0 Å². The van der Waals surface area contributed by atoms with E-state index in [0.29, 0.717) is 11.8 Å². The lowest BCUT2D eigenvalue weighted by Gasteiger charge is -2.37. The second-order valence-corrected chi connectivity index (χ2v) is 5.95. The molecular weight excluding hydrogens is 258 g/mol. The normalized spacial score (nSPS) is 22.9. The van der Waals surface area contributed by atoms with E-state index in [1.807, 2.05) is 30.3 Å². The van der Waals surface area contributed by atoms with Gasteiger partial charge in [0.15, 0.2) is 0 Å². The first-order valence-electron chi connectivity index (χ1n) is 7.74. The van der Waals surface area contributed by atoms with E-state index in [0.717, 1.165) is 18.9 Å². The van der Waals surface area contributed by atoms with Crippen molar-refractivity contribution in [2.45, 2.75) is 12.3 Å². The Morgan fingerprint density at radius 3 is 2.38 bits per heavy atom. The highest BCUT2D eigenvalue weighted by atomic mass is 16.5. The summed E-state index contributed by atoms with van der Waals surface area (Å²) < 4.78 is 6.02. The van der Waals surface area contributed by atoms with Crippen molar-refractivity contribution in [1.82, 2.24) is 4.90 Å². The summed E-state index contributed by atoms with van der Waals surface area (Å²) in [4.78, 5) is 2.42. The molecule has 110 valence electrons. The van der Waals surface area contributed by atoms with E-state index in [-0.39, 0.29) is 0 Å². The fraction of sp³-hybridized carbons (Fsp3) is 0.368. The Balaban J connectivity index is 1.70. The maximum atomic E-state index is 6.02. The van der Waals surface area contributed by atoms with Gasteiger partial charge in [-0.2, -0.15) is 0 Å². The lowest BCUT2D eigenvalue weighted by Crippen LogP contribution is -2.39. The zero-order valence-corrected chi connectivity index (χ0v) is 12.6. The van der Waals surface area contributed by atoms with Crippen molar-refractivity contribution >= 4 is 0 Å². The van der Waals surface area contributed by atoms with E-state index < -0.39 is 0 Å². The molecule has 2 nitrogen and oxygen atoms in total. The first-order valence-corrected chi connectivity index (χ1v) is 7.74. The van der Waals surface area contributed by atoms with E-state index in [1.165, 1.54) is 18.5 Å². The first-order chi connectivity index (χ1) is 10.3. The van der Waals surface area contributed by atoms with E-state index in [1.54, 1.807) is 0 Å². The second kappa shape index (κ2) is 6.77. The molecular formula is C19H23NO. The summed E-state index contributed by atoms with van der Waals surface area (Å²) in [5.41, 5.74) is 1.45. The van der Waals surface area contributed by atoms with Crippen molar-refractivity contribution in [2.24, 2.45) is 5.92 Å². The van der Waals surface area contributed by atoms with Crippen LogP contribution in [0.1, 0.15) is 17.9 Å². The lowest BCUT2D eigenvalue weighted by atomic mass is 9.81. The fourth-order valence-corrected chi connectivity index (χ4v) is 3.24. The van der Waals surface area contributed by atoms with Gasteiger partial charge in [-0.05, 0) is 43.6 Å². The number of benzene rings is 2. The molecule has 3 rings (SSSR count). The van der Waals surface area contributed by atoms with Crippen LogP contribution in [-0.4, -0.2) is 31.6 Å². The number of nitrogens with zero attached hydrogens (tertiary/aromatic N) is 1. The van der Waals surface area contributed by atoms with Crippen molar-refractivity contribution in [1.29, 1.82) is 0 Å². The van der Waals surface area contributed by atoms with Crippen molar-refractivity contribution in [2.75, 3.05) is 26.7 Å². The van der Waals surface area contributed by atoms with Crippen molar-refractivity contribution in [3.05, 3.63) is 66.2 Å². The van der Waals surface area contributed by atoms with E-state index in [9.17, 15) is 0 Å². The molecule has 0 saturated carbocycles. The summed E-state index contributed by atoms with van der Waals surface area (Å²) in [7, 11) is 2.21. The maximum Gasteiger partial charge on any atom is 0.119 e. The van der Waals surface area contributed by atoms with Gasteiger partial charge in [0.2, 0.25) is 0 Å². The van der Waals surface area contributed by atoms with Gasteiger partial charge in [-0.25, -0.2) is 0 Å². The lowest BCUT2D eigenvalue weighted by molar-refractivity contribution is 0.129. The van der Waals surface area contributed by atoms with Gasteiger partial charge in [0.1, 0.15) is 5.75 Å². The highest BCUT2D eigenvalue weighted by Gasteiger charge is 2.29. The fourth-order valence-electron chi connectivity index (χ4n) is 3.24. The van der Waals surface area contributed by atoms with Crippen LogP contribution >= 0.6 is 0 Å². The number of piperidine rings is 1. The monoisotopic (exact) mass is 281 g/mol. The van der Waals surface area contributed by atoms with Crippen LogP contribution in [0.3, 0.4) is 0 Å². The van der Waals surface area contributed by atoms with Gasteiger partial charge in [-0.1, -0.05) is 48.5 Å². The van der Waals surface area contributed by atoms with Crippen LogP contribution in [0, 0.1) is 5.92 Å². The summed E-state index contributed by atoms with van der Waals surface area (Å²) in [6, 6.07) is 21.0. The van der Waals surface area contributed by atoms with Crippen LogP contribution in [0.25, 0.3) is 0 Å². The Bertz CT molecular complexity index is 540. The SMILES string of the molecule is CN1CC[C@@H](c2ccccc2)[C@@H](COc2ccccc2)C1. The number of hydrogen-bond donors (Lipinski definition) is 0. The molecule has 1 aliphatic rings. The van der Waals surface area contributed by atoms with Gasteiger partial charge >= 0.3 is 0 Å². The summed E-state index contributed by atoms with van der Waals surface area (Å²) in [6.07, 6.45) is 1.21. The summed E-state index contributed by atoms with van der Waals surface area (Å²) in [5, 5.41) is 0. The standard InChI is InChI=1S/C19H23NO/c1-20-13-12-19(16-8-4-2-5-9-16)17(14-20)15-21-18-10-6-3-7-11-18/h2-11,17,19H,12-15H2,1H3/t17-,19+/m1/s1. The van der Waals surface area contributed by atoms with Crippen molar-refractivity contribution in [3.8, 4) is 5.75 Å². The number of likely N-dealkylation sites (tertiary alicyclic amines) is 1. The van der Waals surface area contributed by atoms with Crippen LogP contribution in [-0.2, 0) is 0 Å². The average Bonchev–Trinajstić information content (AvgIpc) is 2.55. The zero-order chi connectivity index (χ0) is 14.5. The minimum absolute atomic E-state index is 0.548. The molecule has 0 radical (unpaired) electrons. The molecule has 0 spiro atoms. The Labute approximate surface area is 127 Å². The Morgan fingerprint density at radius 2 is 1.67 bits per heavy atom. The maximum absolute atomic E-state index is 6.02. The molecule has 0 aliphatic carbocycles. The predicted octanol–water partition coefficient (Wildman–Crippen LogP) is 3.80. The third kappa shape index (κ3) is 3.64. The van der Waals surface area contributed by atoms with Gasteiger partial charge in [0, 0.05) is 12.5 Å². The molecule has 0 bridgehead atoms. The predicted molar refractivity (Wildman–Crippen MR) is 86.7 cm³/mol. The molecule has 0 aromatic heterocycles. The molecule has 21 heavy (non-hydrogen) atoms. The molecule has 0 amide bonds. The Hall–Kier alpha value is -1.80. The number of para-hydroxylation sites is 1. The van der Waals surface area contributed by atoms with Crippen molar-refractivity contribution in [3.63, 3.8) is 0 Å². The minimum atomic E-state index is 0.548. The molecule has 1 fully saturated rings. The third-order valence-corrected chi connectivity index (χ3v) is 4.37. The number of hydrogen-bond acceptors (Lipinski definition) is 2. The molecule has 2 aromatic carbocycles. The second-order valence-electron chi connectivity index (χ2n) is 5.95. The average molecular weight is 281 g/mol. The van der Waals surface area contributed by atoms with Gasteiger partial charge < -0.3 is 9.64 Å². The topological polar surface area (TPSA) is 12.5 Å². The summed E-state index contributed by atoms with van der Waals surface area (Å²) >= 11 is 0. The molecule has 1 saturated heterocycles. The highest BCUT2D eigenvalue weighted by Crippen LogP contribution is 2.32. The summed E-state index contributed by atoms with van der Waals surface area (Å²) in [5.74, 6) is 2.12. The van der Waals surface area contributed by atoms with Crippen LogP contribution in [0.2, 0.25) is 0 Å². The minimum Gasteiger partial charge on any atom is -0.493 e. The Morgan fingerprint density at radius 1 is 1.00 bits per heavy atom. The van der Waals surface area contributed by atoms with E-state index >= 15 is 0 Å². The molecule has 0 unspecified atom stereocenters. The smallest absolute Gasteiger partial charge is 0.119 e. The molecule has 2 atom stereocenters. The van der Waals surface area contributed by atoms with Gasteiger partial charge in [0.05, 0.1) is 6.61 Å². The Kier molecular flexibility index (Phi) is 4.56. The highest BCUT2D eigenvalue weighted by molar-refractivity contribution is 5.23. The summed E-state index contributed by atoms with van der Waals surface area (Å²) in [6.45, 7) is 3.06. The van der Waals surface area contributed by atoms with Gasteiger partial charge in [-0.3, -0.25) is 0 Å². The van der Waals surface area contributed by atoms with E-state index in [2.05, 4.69) is 42.3 Å². The molecule has 2 aromatic rings. The largest absolute Gasteiger partial charge is 0.493 e. The van der Waals surface area contributed by atoms with E-state index in [4.69, 9.17) is 4.74 Å². The molecule has 2 heteroatoms. The van der Waals surface area contributed by atoms with Crippen molar-refractivity contribution < 1.29 is 4.74 Å². The third-order valence-electron chi connectivity index (χ3n) is 4.37. The number of ether oxygens (including phenoxy) is 1.